The highest BCUT2D eigenvalue weighted by molar-refractivity contribution is 7.15. The Kier molecular flexibility index (Phi) is 3.36. The van der Waals surface area contributed by atoms with Crippen molar-refractivity contribution >= 4 is 11.3 Å². The van der Waals surface area contributed by atoms with Gasteiger partial charge in [-0.05, 0) is 13.3 Å². The maximum Gasteiger partial charge on any atom is 0.123 e. The topological polar surface area (TPSA) is 33.1 Å². The van der Waals surface area contributed by atoms with Gasteiger partial charge in [-0.25, -0.2) is 4.98 Å². The maximum absolute atomic E-state index is 9.20. The van der Waals surface area contributed by atoms with Crippen LogP contribution in [0.25, 0.3) is 10.6 Å². The van der Waals surface area contributed by atoms with E-state index in [0.29, 0.717) is 0 Å². The van der Waals surface area contributed by atoms with E-state index in [9.17, 15) is 5.11 Å². The number of aromatic nitrogens is 1. The first-order valence-electron chi connectivity index (χ1n) is 5.41. The van der Waals surface area contributed by atoms with Crippen LogP contribution in [0.5, 0.6) is 0 Å². The number of rotatable bonds is 3. The largest absolute Gasteiger partial charge is 0.390 e. The van der Waals surface area contributed by atoms with Gasteiger partial charge in [0, 0.05) is 10.4 Å². The van der Waals surface area contributed by atoms with Crippen molar-refractivity contribution < 1.29 is 5.11 Å². The Bertz CT molecular complexity index is 452. The molecule has 0 saturated carbocycles. The highest BCUT2D eigenvalue weighted by Crippen LogP contribution is 2.28. The number of aryl methyl sites for hydroxylation is 2. The summed E-state index contributed by atoms with van der Waals surface area (Å²) < 4.78 is 0. The summed E-state index contributed by atoms with van der Waals surface area (Å²) in [6, 6.07) is 8.32. The van der Waals surface area contributed by atoms with Crippen LogP contribution in [0.3, 0.4) is 0 Å². The first kappa shape index (κ1) is 11.3. The summed E-state index contributed by atoms with van der Waals surface area (Å²) >= 11 is 1.67. The Hall–Kier alpha value is -1.19. The van der Waals surface area contributed by atoms with Crippen LogP contribution in [-0.2, 0) is 13.0 Å². The molecule has 0 radical (unpaired) electrons. The molecule has 0 atom stereocenters. The van der Waals surface area contributed by atoms with Gasteiger partial charge in [-0.1, -0.05) is 36.8 Å². The zero-order valence-corrected chi connectivity index (χ0v) is 10.3. The quantitative estimate of drug-likeness (QED) is 0.883. The molecule has 0 aliphatic heterocycles. The highest BCUT2D eigenvalue weighted by Gasteiger charge is 2.09. The molecule has 0 bridgehead atoms. The lowest BCUT2D eigenvalue weighted by atomic mass is 10.2. The zero-order chi connectivity index (χ0) is 11.5. The van der Waals surface area contributed by atoms with Crippen LogP contribution in [0.15, 0.2) is 24.3 Å². The third-order valence-electron chi connectivity index (χ3n) is 2.55. The smallest absolute Gasteiger partial charge is 0.123 e. The van der Waals surface area contributed by atoms with Crippen LogP contribution in [0.1, 0.15) is 23.1 Å². The highest BCUT2D eigenvalue weighted by atomic mass is 32.1. The van der Waals surface area contributed by atoms with Crippen molar-refractivity contribution in [2.45, 2.75) is 26.9 Å². The maximum atomic E-state index is 9.20. The lowest BCUT2D eigenvalue weighted by Crippen LogP contribution is -1.88. The molecule has 1 N–H and O–H groups in total. The van der Waals surface area contributed by atoms with Crippen LogP contribution in [-0.4, -0.2) is 10.1 Å². The average molecular weight is 233 g/mol. The van der Waals surface area contributed by atoms with Crippen molar-refractivity contribution in [1.82, 2.24) is 4.98 Å². The molecule has 1 aromatic heterocycles. The first-order chi connectivity index (χ1) is 7.74. The molecule has 0 amide bonds. The van der Waals surface area contributed by atoms with E-state index in [-0.39, 0.29) is 6.61 Å². The molecule has 2 aromatic rings. The summed E-state index contributed by atoms with van der Waals surface area (Å²) in [6.45, 7) is 4.19. The molecule has 0 aliphatic carbocycles. The van der Waals surface area contributed by atoms with Gasteiger partial charge in [-0.15, -0.1) is 11.3 Å². The normalized spacial score (nSPS) is 10.7. The van der Waals surface area contributed by atoms with Crippen LogP contribution < -0.4 is 0 Å². The molecule has 16 heavy (non-hydrogen) atoms. The van der Waals surface area contributed by atoms with Crippen LogP contribution in [0, 0.1) is 6.92 Å². The summed E-state index contributed by atoms with van der Waals surface area (Å²) in [4.78, 5) is 5.65. The lowest BCUT2D eigenvalue weighted by molar-refractivity contribution is 0.276. The summed E-state index contributed by atoms with van der Waals surface area (Å²) in [6.07, 6.45) is 0.930. The molecule has 0 unspecified atom stereocenters. The third-order valence-corrected chi connectivity index (χ3v) is 3.84. The number of aliphatic hydroxyl groups excluding tert-OH is 1. The Morgan fingerprint density at radius 3 is 2.44 bits per heavy atom. The summed E-state index contributed by atoms with van der Waals surface area (Å²) in [7, 11) is 0. The SMILES string of the molecule is CCc1sc(-c2ccc(C)cc2)nc1CO. The molecule has 84 valence electrons. The van der Waals surface area contributed by atoms with Crippen molar-refractivity contribution in [3.63, 3.8) is 0 Å². The number of nitrogens with zero attached hydrogens (tertiary/aromatic N) is 1. The van der Waals surface area contributed by atoms with Gasteiger partial charge in [0.15, 0.2) is 0 Å². The standard InChI is InChI=1S/C13H15NOS/c1-3-12-11(8-15)14-13(16-12)10-6-4-9(2)5-7-10/h4-7,15H,3,8H2,1-2H3. The predicted molar refractivity (Wildman–Crippen MR) is 67.6 cm³/mol. The fourth-order valence-corrected chi connectivity index (χ4v) is 2.62. The molecule has 0 fully saturated rings. The van der Waals surface area contributed by atoms with Gasteiger partial charge in [-0.3, -0.25) is 0 Å². The minimum Gasteiger partial charge on any atom is -0.390 e. The number of hydrogen-bond acceptors (Lipinski definition) is 3. The van der Waals surface area contributed by atoms with E-state index in [2.05, 4.69) is 43.1 Å². The Morgan fingerprint density at radius 1 is 1.25 bits per heavy atom. The zero-order valence-electron chi connectivity index (χ0n) is 9.53. The van der Waals surface area contributed by atoms with Crippen LogP contribution in [0.4, 0.5) is 0 Å². The molecule has 1 aromatic carbocycles. The monoisotopic (exact) mass is 233 g/mol. The molecule has 2 nitrogen and oxygen atoms in total. The van der Waals surface area contributed by atoms with Gasteiger partial charge in [-0.2, -0.15) is 0 Å². The second-order valence-corrected chi connectivity index (χ2v) is 4.85. The van der Waals surface area contributed by atoms with Crippen molar-refractivity contribution in [1.29, 1.82) is 0 Å². The number of hydrogen-bond donors (Lipinski definition) is 1. The molecule has 3 heteroatoms. The fourth-order valence-electron chi connectivity index (χ4n) is 1.60. The minimum absolute atomic E-state index is 0.0333. The number of thiazole rings is 1. The van der Waals surface area contributed by atoms with Crippen molar-refractivity contribution in [2.24, 2.45) is 0 Å². The Labute approximate surface area is 99.6 Å². The molecule has 2 rings (SSSR count). The van der Waals surface area contributed by atoms with Crippen molar-refractivity contribution in [3.8, 4) is 10.6 Å². The molecule has 0 aliphatic rings. The van der Waals surface area contributed by atoms with Crippen LogP contribution in [0.2, 0.25) is 0 Å². The molecular weight excluding hydrogens is 218 g/mol. The van der Waals surface area contributed by atoms with Crippen molar-refractivity contribution in [2.75, 3.05) is 0 Å². The summed E-state index contributed by atoms with van der Waals surface area (Å²) in [5.74, 6) is 0. The van der Waals surface area contributed by atoms with E-state index in [1.165, 1.54) is 10.4 Å². The first-order valence-corrected chi connectivity index (χ1v) is 6.22. The van der Waals surface area contributed by atoms with Gasteiger partial charge < -0.3 is 5.11 Å². The Morgan fingerprint density at radius 2 is 1.94 bits per heavy atom. The van der Waals surface area contributed by atoms with Gasteiger partial charge in [0.2, 0.25) is 0 Å². The van der Waals surface area contributed by atoms with Gasteiger partial charge >= 0.3 is 0 Å². The van der Waals surface area contributed by atoms with E-state index in [4.69, 9.17) is 0 Å². The molecule has 1 heterocycles. The third kappa shape index (κ3) is 2.15. The van der Waals surface area contributed by atoms with E-state index < -0.39 is 0 Å². The fraction of sp³-hybridized carbons (Fsp3) is 0.308. The minimum atomic E-state index is 0.0333. The van der Waals surface area contributed by atoms with E-state index >= 15 is 0 Å². The van der Waals surface area contributed by atoms with Gasteiger partial charge in [0.25, 0.3) is 0 Å². The number of aliphatic hydroxyl groups is 1. The van der Waals surface area contributed by atoms with E-state index in [1.54, 1.807) is 11.3 Å². The number of benzene rings is 1. The molecular formula is C13H15NOS. The van der Waals surface area contributed by atoms with E-state index in [0.717, 1.165) is 22.7 Å². The second-order valence-electron chi connectivity index (χ2n) is 3.77. The average Bonchev–Trinajstić information content (AvgIpc) is 2.73. The Balaban J connectivity index is 2.40. The molecule has 0 saturated heterocycles. The van der Waals surface area contributed by atoms with Gasteiger partial charge in [0.1, 0.15) is 5.01 Å². The predicted octanol–water partition coefficient (Wildman–Crippen LogP) is 3.17. The van der Waals surface area contributed by atoms with Crippen LogP contribution >= 0.6 is 11.3 Å². The lowest BCUT2D eigenvalue weighted by Gasteiger charge is -1.96. The second kappa shape index (κ2) is 4.76. The van der Waals surface area contributed by atoms with Gasteiger partial charge in [0.05, 0.1) is 12.3 Å². The summed E-state index contributed by atoms with van der Waals surface area (Å²) in [5, 5.41) is 10.2. The summed E-state index contributed by atoms with van der Waals surface area (Å²) in [5.41, 5.74) is 3.20. The molecule has 0 spiro atoms. The van der Waals surface area contributed by atoms with E-state index in [1.807, 2.05) is 0 Å². The van der Waals surface area contributed by atoms with Crippen molar-refractivity contribution in [3.05, 3.63) is 40.4 Å².